The Bertz CT molecular complexity index is 1160. The van der Waals surface area contributed by atoms with E-state index in [0.29, 0.717) is 17.9 Å². The second-order valence-electron chi connectivity index (χ2n) is 7.36. The Hall–Kier alpha value is -3.67. The molecule has 0 saturated carbocycles. The summed E-state index contributed by atoms with van der Waals surface area (Å²) in [5, 5.41) is 0. The number of carbonyl (C=O) groups excluding carboxylic acids is 1. The van der Waals surface area contributed by atoms with Gasteiger partial charge < -0.3 is 15.2 Å². The zero-order valence-corrected chi connectivity index (χ0v) is 15.9. The van der Waals surface area contributed by atoms with Crippen LogP contribution in [-0.2, 0) is 21.5 Å². The van der Waals surface area contributed by atoms with E-state index in [4.69, 9.17) is 20.2 Å². The Morgan fingerprint density at radius 2 is 1.90 bits per heavy atom. The van der Waals surface area contributed by atoms with Crippen LogP contribution in [0.1, 0.15) is 23.6 Å². The number of carbonyl (C=O) groups is 1. The van der Waals surface area contributed by atoms with Gasteiger partial charge in [0.05, 0.1) is 0 Å². The number of fused-ring (bicyclic) bond motifs is 4. The molecule has 2 aliphatic heterocycles. The van der Waals surface area contributed by atoms with Crippen LogP contribution in [0.25, 0.3) is 11.1 Å². The number of pyridine rings is 1. The first-order valence-corrected chi connectivity index (χ1v) is 9.39. The van der Waals surface area contributed by atoms with Crippen molar-refractivity contribution in [3.05, 3.63) is 77.6 Å². The monoisotopic (exact) mass is 385 g/mol. The van der Waals surface area contributed by atoms with Crippen LogP contribution >= 0.6 is 0 Å². The Labute approximate surface area is 168 Å². The number of benzene rings is 2. The molecule has 2 N–H and O–H groups in total. The first-order chi connectivity index (χ1) is 14.0. The van der Waals surface area contributed by atoms with Gasteiger partial charge in [-0.3, -0.25) is 9.78 Å². The van der Waals surface area contributed by atoms with E-state index < -0.39 is 5.54 Å². The van der Waals surface area contributed by atoms with E-state index in [9.17, 15) is 4.79 Å². The fraction of sp³-hybridized carbons (Fsp3) is 0.174. The Kier molecular flexibility index (Phi) is 3.87. The van der Waals surface area contributed by atoms with Crippen LogP contribution in [0.5, 0.6) is 11.5 Å². The van der Waals surface area contributed by atoms with E-state index >= 15 is 0 Å². The number of aromatic nitrogens is 1. The van der Waals surface area contributed by atoms with Crippen LogP contribution in [0.4, 0.5) is 0 Å². The number of Topliss-reactive ketones (excluding diaryl/α,β-unsaturated/α-hetero) is 1. The lowest BCUT2D eigenvalue weighted by molar-refractivity contribution is -0.116. The van der Waals surface area contributed by atoms with Crippen LogP contribution in [0, 0.1) is 0 Å². The summed E-state index contributed by atoms with van der Waals surface area (Å²) in [4.78, 5) is 20.6. The zero-order valence-electron chi connectivity index (χ0n) is 15.9. The molecule has 29 heavy (non-hydrogen) atoms. The van der Waals surface area contributed by atoms with Gasteiger partial charge in [-0.05, 0) is 48.4 Å². The lowest BCUT2D eigenvalue weighted by Gasteiger charge is -2.34. The molecule has 5 rings (SSSR count). The first kappa shape index (κ1) is 17.4. The highest BCUT2D eigenvalue weighted by Crippen LogP contribution is 2.51. The summed E-state index contributed by atoms with van der Waals surface area (Å²) in [6.07, 6.45) is 3.92. The number of amidine groups is 1. The van der Waals surface area contributed by atoms with Gasteiger partial charge in [0.1, 0.15) is 23.9 Å². The molecule has 3 heterocycles. The van der Waals surface area contributed by atoms with Crippen molar-refractivity contribution in [1.82, 2.24) is 4.98 Å². The summed E-state index contributed by atoms with van der Waals surface area (Å²) in [6, 6.07) is 15.8. The molecule has 6 heteroatoms. The maximum absolute atomic E-state index is 11.6. The Morgan fingerprint density at radius 1 is 1.10 bits per heavy atom. The minimum atomic E-state index is -0.808. The molecule has 0 aliphatic carbocycles. The van der Waals surface area contributed by atoms with Gasteiger partial charge >= 0.3 is 0 Å². The fourth-order valence-corrected chi connectivity index (χ4v) is 4.01. The molecule has 0 bridgehead atoms. The molecule has 144 valence electrons. The maximum Gasteiger partial charge on any atom is 0.283 e. The van der Waals surface area contributed by atoms with Crippen molar-refractivity contribution in [1.29, 1.82) is 0 Å². The van der Waals surface area contributed by atoms with Crippen LogP contribution in [-0.4, -0.2) is 23.4 Å². The molecule has 2 aromatic carbocycles. The summed E-state index contributed by atoms with van der Waals surface area (Å²) in [5.41, 5.74) is 9.78. The lowest BCUT2D eigenvalue weighted by atomic mass is 9.79. The predicted octanol–water partition coefficient (Wildman–Crippen LogP) is 3.57. The van der Waals surface area contributed by atoms with Crippen LogP contribution < -0.4 is 10.5 Å². The van der Waals surface area contributed by atoms with Gasteiger partial charge in [0.25, 0.3) is 6.02 Å². The SMILES string of the molecule is CC(=O)Cc1ccc2c(c1)C1(COC(N)=N1)c1cc(-c3cccnc3)ccc1O2. The van der Waals surface area contributed by atoms with E-state index in [2.05, 4.69) is 11.1 Å². The van der Waals surface area contributed by atoms with Gasteiger partial charge in [0.2, 0.25) is 0 Å². The molecule has 2 aliphatic rings. The third-order valence-corrected chi connectivity index (χ3v) is 5.31. The molecule has 1 aromatic heterocycles. The fourth-order valence-electron chi connectivity index (χ4n) is 4.01. The summed E-state index contributed by atoms with van der Waals surface area (Å²) in [6.45, 7) is 1.86. The summed E-state index contributed by atoms with van der Waals surface area (Å²) >= 11 is 0. The van der Waals surface area contributed by atoms with Crippen LogP contribution in [0.15, 0.2) is 65.9 Å². The molecule has 1 atom stereocenters. The molecule has 1 spiro atoms. The van der Waals surface area contributed by atoms with Crippen molar-refractivity contribution in [2.75, 3.05) is 6.61 Å². The Morgan fingerprint density at radius 3 is 2.59 bits per heavy atom. The number of hydrogen-bond acceptors (Lipinski definition) is 6. The minimum absolute atomic E-state index is 0.0979. The molecule has 0 fully saturated rings. The summed E-state index contributed by atoms with van der Waals surface area (Å²) < 4.78 is 11.8. The molecule has 0 saturated heterocycles. The third kappa shape index (κ3) is 2.84. The number of ether oxygens (including phenoxy) is 2. The molecule has 6 nitrogen and oxygen atoms in total. The maximum atomic E-state index is 11.6. The minimum Gasteiger partial charge on any atom is -0.462 e. The average Bonchev–Trinajstić information content (AvgIpc) is 3.11. The van der Waals surface area contributed by atoms with Crippen molar-refractivity contribution in [2.45, 2.75) is 18.9 Å². The van der Waals surface area contributed by atoms with Crippen LogP contribution in [0.3, 0.4) is 0 Å². The van der Waals surface area contributed by atoms with Gasteiger partial charge in [-0.25, -0.2) is 4.99 Å². The van der Waals surface area contributed by atoms with E-state index in [0.717, 1.165) is 27.8 Å². The smallest absolute Gasteiger partial charge is 0.283 e. The quantitative estimate of drug-likeness (QED) is 0.745. The summed E-state index contributed by atoms with van der Waals surface area (Å²) in [5.74, 6) is 1.51. The summed E-state index contributed by atoms with van der Waals surface area (Å²) in [7, 11) is 0. The molecule has 0 amide bonds. The predicted molar refractivity (Wildman–Crippen MR) is 109 cm³/mol. The van der Waals surface area contributed by atoms with Crippen molar-refractivity contribution < 1.29 is 14.3 Å². The highest BCUT2D eigenvalue weighted by molar-refractivity contribution is 5.80. The topological polar surface area (TPSA) is 86.8 Å². The van der Waals surface area contributed by atoms with Crippen molar-refractivity contribution in [2.24, 2.45) is 10.7 Å². The number of ketones is 1. The second kappa shape index (κ2) is 6.44. The van der Waals surface area contributed by atoms with Gasteiger partial charge in [0.15, 0.2) is 5.54 Å². The molecule has 0 radical (unpaired) electrons. The largest absolute Gasteiger partial charge is 0.462 e. The number of aliphatic imine (C=N–C) groups is 1. The van der Waals surface area contributed by atoms with Crippen LogP contribution in [0.2, 0.25) is 0 Å². The highest BCUT2D eigenvalue weighted by Gasteiger charge is 2.47. The van der Waals surface area contributed by atoms with Gasteiger partial charge in [-0.15, -0.1) is 0 Å². The van der Waals surface area contributed by atoms with Crippen molar-refractivity contribution in [3.63, 3.8) is 0 Å². The highest BCUT2D eigenvalue weighted by atomic mass is 16.5. The molecular formula is C23H19N3O3. The van der Waals surface area contributed by atoms with E-state index in [1.807, 2.05) is 48.7 Å². The van der Waals surface area contributed by atoms with E-state index in [-0.39, 0.29) is 18.4 Å². The number of nitrogens with zero attached hydrogens (tertiary/aromatic N) is 2. The molecule has 1 unspecified atom stereocenters. The van der Waals surface area contributed by atoms with E-state index in [1.54, 1.807) is 13.1 Å². The first-order valence-electron chi connectivity index (χ1n) is 9.39. The standard InChI is InChI=1S/C23H19N3O3/c1-14(27)9-15-4-6-20-18(10-15)23(13-28-22(24)26-23)19-11-16(5-7-21(19)29-20)17-3-2-8-25-12-17/h2-8,10-12H,9,13H2,1H3,(H2,24,26). The second-order valence-corrected chi connectivity index (χ2v) is 7.36. The molecular weight excluding hydrogens is 366 g/mol. The van der Waals surface area contributed by atoms with E-state index in [1.165, 1.54) is 0 Å². The van der Waals surface area contributed by atoms with Gasteiger partial charge in [-0.2, -0.15) is 0 Å². The number of nitrogens with two attached hydrogens (primary N) is 1. The molecule has 3 aromatic rings. The van der Waals surface area contributed by atoms with Crippen molar-refractivity contribution >= 4 is 11.8 Å². The number of hydrogen-bond donors (Lipinski definition) is 1. The average molecular weight is 385 g/mol. The normalized spacial score (nSPS) is 19.0. The van der Waals surface area contributed by atoms with Crippen molar-refractivity contribution in [3.8, 4) is 22.6 Å². The zero-order chi connectivity index (χ0) is 20.0. The van der Waals surface area contributed by atoms with Gasteiger partial charge in [-0.1, -0.05) is 18.2 Å². The Balaban J connectivity index is 1.71. The third-order valence-electron chi connectivity index (χ3n) is 5.31. The van der Waals surface area contributed by atoms with Gasteiger partial charge in [0, 0.05) is 35.5 Å². The number of rotatable bonds is 3. The lowest BCUT2D eigenvalue weighted by Crippen LogP contribution is -2.31.